The zero-order valence-corrected chi connectivity index (χ0v) is 46.6. The van der Waals surface area contributed by atoms with Gasteiger partial charge in [0.1, 0.15) is 159 Å². The summed E-state index contributed by atoms with van der Waals surface area (Å²) in [7, 11) is 0. The van der Waals surface area contributed by atoms with Crippen LogP contribution in [0.15, 0.2) is 0 Å². The van der Waals surface area contributed by atoms with Gasteiger partial charge in [-0.05, 0) is 6.92 Å². The van der Waals surface area contributed by atoms with Crippen LogP contribution in [0.1, 0.15) is 27.7 Å². The summed E-state index contributed by atoms with van der Waals surface area (Å²) in [6.45, 7) is -2.87. The lowest BCUT2D eigenvalue weighted by atomic mass is 9.94. The van der Waals surface area contributed by atoms with E-state index in [1.165, 1.54) is 6.92 Å². The van der Waals surface area contributed by atoms with Crippen LogP contribution in [0.2, 0.25) is 0 Å². The zero-order chi connectivity index (χ0) is 63.9. The van der Waals surface area contributed by atoms with Crippen molar-refractivity contribution in [3.63, 3.8) is 0 Å². The highest BCUT2D eigenvalue weighted by atomic mass is 16.8. The smallest absolute Gasteiger partial charge is 0.217 e. The van der Waals surface area contributed by atoms with E-state index in [2.05, 4.69) is 16.0 Å². The number of aliphatic hydroxyl groups is 20. The largest absolute Gasteiger partial charge is 0.394 e. The van der Waals surface area contributed by atoms with Crippen molar-refractivity contribution in [2.75, 3.05) is 46.2 Å². The Morgan fingerprint density at radius 2 is 0.826 bits per heavy atom. The lowest BCUT2D eigenvalue weighted by molar-refractivity contribution is -0.378. The highest BCUT2D eigenvalue weighted by molar-refractivity contribution is 5.74. The summed E-state index contributed by atoms with van der Waals surface area (Å²) >= 11 is 0. The van der Waals surface area contributed by atoms with Gasteiger partial charge in [0.05, 0.1) is 58.4 Å². The van der Waals surface area contributed by atoms with Gasteiger partial charge >= 0.3 is 0 Å². The Morgan fingerprint density at radius 3 is 1.31 bits per heavy atom. The van der Waals surface area contributed by atoms with Crippen molar-refractivity contribution in [3.8, 4) is 0 Å². The van der Waals surface area contributed by atoms with Gasteiger partial charge in [-0.1, -0.05) is 0 Å². The quantitative estimate of drug-likeness (QED) is 0.0404. The third-order valence-electron chi connectivity index (χ3n) is 15.3. The normalized spacial score (nSPS) is 45.5. The molecule has 0 unspecified atom stereocenters. The molecule has 34 atom stereocenters. The molecule has 0 aromatic carbocycles. The number of amides is 3. The Morgan fingerprint density at radius 1 is 0.419 bits per heavy atom. The zero-order valence-electron chi connectivity index (χ0n) is 46.6. The minimum atomic E-state index is -2.34. The molecule has 0 saturated carbocycles. The van der Waals surface area contributed by atoms with Crippen molar-refractivity contribution in [3.05, 3.63) is 0 Å². The van der Waals surface area contributed by atoms with Crippen LogP contribution in [0.25, 0.3) is 0 Å². The van der Waals surface area contributed by atoms with Crippen molar-refractivity contribution in [2.24, 2.45) is 0 Å². The number of rotatable bonds is 25. The van der Waals surface area contributed by atoms with E-state index in [0.717, 1.165) is 20.8 Å². The second-order valence-electron chi connectivity index (χ2n) is 21.6. The molecule has 23 N–H and O–H groups in total. The van der Waals surface area contributed by atoms with Crippen LogP contribution in [0, 0.1) is 0 Å². The molecule has 6 aliphatic heterocycles. The number of aliphatic hydroxyl groups excluding tert-OH is 20. The molecule has 500 valence electrons. The SMILES string of the molecule is CC(=O)N[C@H]1[C@H](O[C@H]2[C@@H](O)[C@@H](CO)O[C@@H](O[C@H]3[C@H](O)[C@@H](NC(C)=O)[C@H](OC[C@@H](O)[C@H](O)[C@H](O[C@@H]4O[C@H](CO)[C@H](O)[C@H](O)[C@H]4O[C@@H]4O[C@@H](C)[C@@H](O)[C@@H](O)[C@@H]4O)[C@H](CO)NC(C)=O)O[C@@H]3CO)[C@@H]2O)O[C@H](CO)[C@@H](O[C@@H]2O[C@H](CO)[C@H](O)[C@H](O)[C@H]2O)[C@@H]1O. The van der Waals surface area contributed by atoms with Gasteiger partial charge in [0.25, 0.3) is 0 Å². The summed E-state index contributed by atoms with van der Waals surface area (Å²) < 4.78 is 68.9. The molecular weight excluding hydrogens is 1180 g/mol. The molecule has 6 rings (SSSR count). The predicted molar refractivity (Wildman–Crippen MR) is 267 cm³/mol. The fourth-order valence-corrected chi connectivity index (χ4v) is 10.6. The van der Waals surface area contributed by atoms with Gasteiger partial charge in [-0.25, -0.2) is 0 Å². The molecule has 38 nitrogen and oxygen atoms in total. The average molecular weight is 1260 g/mol. The molecule has 86 heavy (non-hydrogen) atoms. The molecule has 6 heterocycles. The number of carbonyl (C=O) groups excluding carboxylic acids is 3. The third kappa shape index (κ3) is 16.4. The van der Waals surface area contributed by atoms with Crippen LogP contribution >= 0.6 is 0 Å². The molecule has 0 aliphatic carbocycles. The first-order valence-corrected chi connectivity index (χ1v) is 27.4. The van der Waals surface area contributed by atoms with Crippen molar-refractivity contribution >= 4 is 17.7 Å². The summed E-state index contributed by atoms with van der Waals surface area (Å²) in [5.74, 6) is -2.56. The first kappa shape index (κ1) is 72.2. The molecule has 3 amide bonds. The highest BCUT2D eigenvalue weighted by Crippen LogP contribution is 2.36. The summed E-state index contributed by atoms with van der Waals surface area (Å²) in [6.07, 6.45) is -59.4. The lowest BCUT2D eigenvalue weighted by Crippen LogP contribution is -2.70. The van der Waals surface area contributed by atoms with E-state index in [1.807, 2.05) is 0 Å². The maximum atomic E-state index is 12.7. The van der Waals surface area contributed by atoms with Crippen molar-refractivity contribution in [2.45, 2.75) is 236 Å². The fraction of sp³-hybridized carbons (Fsp3) is 0.938. The summed E-state index contributed by atoms with van der Waals surface area (Å²) in [6, 6.07) is -5.24. The topological polar surface area (TPSA) is 603 Å². The van der Waals surface area contributed by atoms with E-state index in [1.54, 1.807) is 0 Å². The predicted octanol–water partition coefficient (Wildman–Crippen LogP) is -15.2. The Labute approximate surface area is 488 Å². The first-order chi connectivity index (χ1) is 40.6. The van der Waals surface area contributed by atoms with Crippen LogP contribution in [0.5, 0.6) is 0 Å². The summed E-state index contributed by atoms with van der Waals surface area (Å²) in [5.41, 5.74) is 0. The number of hydrogen-bond acceptors (Lipinski definition) is 35. The van der Waals surface area contributed by atoms with Crippen LogP contribution < -0.4 is 16.0 Å². The molecule has 6 saturated heterocycles. The minimum absolute atomic E-state index is 0.840. The van der Waals surface area contributed by atoms with Gasteiger partial charge in [0.2, 0.25) is 17.7 Å². The first-order valence-electron chi connectivity index (χ1n) is 27.4. The van der Waals surface area contributed by atoms with E-state index in [4.69, 9.17) is 56.8 Å². The van der Waals surface area contributed by atoms with Crippen LogP contribution in [-0.2, 0) is 71.2 Å². The van der Waals surface area contributed by atoms with Crippen molar-refractivity contribution in [1.29, 1.82) is 0 Å². The molecule has 38 heteroatoms. The number of ether oxygens (including phenoxy) is 12. The van der Waals surface area contributed by atoms with Gasteiger partial charge < -0.3 is 175 Å². The van der Waals surface area contributed by atoms with Gasteiger partial charge in [-0.2, -0.15) is 0 Å². The molecular formula is C48H83N3O35. The van der Waals surface area contributed by atoms with E-state index >= 15 is 0 Å². The van der Waals surface area contributed by atoms with Crippen LogP contribution in [-0.4, -0.2) is 375 Å². The van der Waals surface area contributed by atoms with Gasteiger partial charge in [0, 0.05) is 20.8 Å². The molecule has 0 spiro atoms. The van der Waals surface area contributed by atoms with Crippen LogP contribution in [0.4, 0.5) is 0 Å². The summed E-state index contributed by atoms with van der Waals surface area (Å²) in [5, 5.41) is 223. The minimum Gasteiger partial charge on any atom is -0.394 e. The van der Waals surface area contributed by atoms with Crippen molar-refractivity contribution in [1.82, 2.24) is 16.0 Å². The van der Waals surface area contributed by atoms with E-state index < -0.39 is 272 Å². The molecule has 0 aromatic heterocycles. The summed E-state index contributed by atoms with van der Waals surface area (Å²) in [4.78, 5) is 37.5. The monoisotopic (exact) mass is 1260 g/mol. The molecule has 0 radical (unpaired) electrons. The van der Waals surface area contributed by atoms with Gasteiger partial charge in [0.15, 0.2) is 37.7 Å². The molecule has 6 aliphatic rings. The molecule has 0 aromatic rings. The van der Waals surface area contributed by atoms with E-state index in [-0.39, 0.29) is 0 Å². The number of nitrogens with one attached hydrogen (secondary N) is 3. The van der Waals surface area contributed by atoms with E-state index in [9.17, 15) is 117 Å². The van der Waals surface area contributed by atoms with E-state index in [0.29, 0.717) is 0 Å². The molecule has 6 fully saturated rings. The Bertz CT molecular complexity index is 2120. The average Bonchev–Trinajstić information content (AvgIpc) is 3.34. The number of hydrogen-bond donors (Lipinski definition) is 23. The Balaban J connectivity index is 1.19. The van der Waals surface area contributed by atoms with Gasteiger partial charge in [-0.3, -0.25) is 14.4 Å². The highest BCUT2D eigenvalue weighted by Gasteiger charge is 2.57. The Hall–Kier alpha value is -2.87. The standard InChI is InChI=1S/C48H83N3O35/c1-12-25(62)32(69)35(72)45(76-12)86-42-34(71)28(65)19(7-54)79-48(42)82-38(16(5-52)49-13(2)58)26(63)17(61)11-75-43-23(50-14(3)59)30(67)39(21(9-56)80-43)84-47-37(74)41(29(66)20(8-55)78-47)85-44-24(51-15(4)60)31(68)40(22(10-57)81-44)83-46-36(73)33(70)27(64)18(6-53)77-46/h12,16-48,52-57,61-74H,5-11H2,1-4H3,(H,49,58)(H,50,59)(H,51,60)/t12-,16-,17+,18+,19+,20+,21+,22+,23+,24+,25+,26-,27-,28-,29-,30+,31+,32+,33-,34-,35-,36+,37+,38+,39+,40+,41-,42+,43+,44-,45-,46-,47-,48-/m0/s1. The fourth-order valence-electron chi connectivity index (χ4n) is 10.6. The number of carbonyl (C=O) groups is 3. The Kier molecular flexibility index (Phi) is 26.8. The lowest BCUT2D eigenvalue weighted by Gasteiger charge is -2.50. The maximum absolute atomic E-state index is 12.7. The van der Waals surface area contributed by atoms with Gasteiger partial charge in [-0.15, -0.1) is 0 Å². The second kappa shape index (κ2) is 31.9. The molecule has 0 bridgehead atoms. The van der Waals surface area contributed by atoms with Crippen molar-refractivity contribution < 1.29 is 173 Å². The maximum Gasteiger partial charge on any atom is 0.217 e. The third-order valence-corrected chi connectivity index (χ3v) is 15.3. The second-order valence-corrected chi connectivity index (χ2v) is 21.6. The van der Waals surface area contributed by atoms with Crippen LogP contribution in [0.3, 0.4) is 0 Å².